The van der Waals surface area contributed by atoms with Crippen molar-refractivity contribution < 1.29 is 9.53 Å². The van der Waals surface area contributed by atoms with Crippen LogP contribution in [-0.4, -0.2) is 40.0 Å². The zero-order valence-corrected chi connectivity index (χ0v) is 15.0. The Kier molecular flexibility index (Phi) is 5.10. The molecule has 1 unspecified atom stereocenters. The van der Waals surface area contributed by atoms with Crippen molar-refractivity contribution in [2.75, 3.05) is 13.1 Å². The molecule has 1 atom stereocenters. The number of rotatable bonds is 5. The van der Waals surface area contributed by atoms with Gasteiger partial charge in [0.2, 0.25) is 11.8 Å². The molecule has 2 heterocycles. The second-order valence-corrected chi connectivity index (χ2v) is 6.65. The van der Waals surface area contributed by atoms with Gasteiger partial charge in [0.25, 0.3) is 0 Å². The van der Waals surface area contributed by atoms with E-state index in [4.69, 9.17) is 4.74 Å². The molecule has 3 aromatic rings. The molecule has 0 aliphatic carbocycles. The number of nitrogens with zero attached hydrogens (tertiary/aromatic N) is 3. The van der Waals surface area contributed by atoms with E-state index < -0.39 is 0 Å². The summed E-state index contributed by atoms with van der Waals surface area (Å²) >= 11 is 0. The van der Waals surface area contributed by atoms with E-state index in [0.29, 0.717) is 25.4 Å². The summed E-state index contributed by atoms with van der Waals surface area (Å²) in [5, 5.41) is 0. The highest BCUT2D eigenvalue weighted by atomic mass is 16.5. The molecule has 1 saturated heterocycles. The molecule has 1 amide bonds. The molecule has 136 valence electrons. The number of likely N-dealkylation sites (tertiary alicyclic amines) is 1. The molecular formula is C22H21N3O2. The number of aromatic nitrogens is 2. The molecule has 0 spiro atoms. The number of benzene rings is 2. The van der Waals surface area contributed by atoms with Crippen molar-refractivity contribution in [1.82, 2.24) is 14.9 Å². The Morgan fingerprint density at radius 3 is 2.56 bits per heavy atom. The first-order chi connectivity index (χ1) is 13.3. The zero-order chi connectivity index (χ0) is 18.5. The molecule has 0 radical (unpaired) electrons. The predicted octanol–water partition coefficient (Wildman–Crippen LogP) is 3.37. The Balaban J connectivity index is 1.33. The van der Waals surface area contributed by atoms with Crippen molar-refractivity contribution >= 4 is 5.91 Å². The lowest BCUT2D eigenvalue weighted by atomic mass is 10.0. The average molecular weight is 359 g/mol. The van der Waals surface area contributed by atoms with Crippen molar-refractivity contribution in [2.45, 2.75) is 18.9 Å². The highest BCUT2D eigenvalue weighted by Gasteiger charge is 2.27. The van der Waals surface area contributed by atoms with Gasteiger partial charge >= 0.3 is 0 Å². The van der Waals surface area contributed by atoms with Crippen LogP contribution in [0, 0.1) is 0 Å². The largest absolute Gasteiger partial charge is 0.471 e. The van der Waals surface area contributed by atoms with Crippen LogP contribution in [0.2, 0.25) is 0 Å². The molecule has 5 nitrogen and oxygen atoms in total. The van der Waals surface area contributed by atoms with Crippen LogP contribution in [0.5, 0.6) is 5.88 Å². The average Bonchev–Trinajstić information content (AvgIpc) is 3.19. The predicted molar refractivity (Wildman–Crippen MR) is 103 cm³/mol. The molecule has 1 aliphatic heterocycles. The van der Waals surface area contributed by atoms with Crippen molar-refractivity contribution in [3.05, 3.63) is 78.8 Å². The number of hydrogen-bond acceptors (Lipinski definition) is 4. The second-order valence-electron chi connectivity index (χ2n) is 6.65. The summed E-state index contributed by atoms with van der Waals surface area (Å²) < 4.78 is 5.80. The molecule has 1 aliphatic rings. The third kappa shape index (κ3) is 4.31. The minimum absolute atomic E-state index is 0.0221. The quantitative estimate of drug-likeness (QED) is 0.701. The third-order valence-electron chi connectivity index (χ3n) is 4.74. The number of hydrogen-bond donors (Lipinski definition) is 0. The van der Waals surface area contributed by atoms with Gasteiger partial charge in [0.05, 0.1) is 19.2 Å². The van der Waals surface area contributed by atoms with Crippen LogP contribution in [-0.2, 0) is 11.2 Å². The lowest BCUT2D eigenvalue weighted by molar-refractivity contribution is -0.129. The van der Waals surface area contributed by atoms with Crippen LogP contribution < -0.4 is 4.74 Å². The Hall–Kier alpha value is -3.21. The molecule has 0 N–H and O–H groups in total. The van der Waals surface area contributed by atoms with Gasteiger partial charge in [-0.1, -0.05) is 54.6 Å². The fourth-order valence-electron chi connectivity index (χ4n) is 3.30. The van der Waals surface area contributed by atoms with Crippen LogP contribution in [0.3, 0.4) is 0 Å². The van der Waals surface area contributed by atoms with E-state index in [0.717, 1.165) is 17.5 Å². The van der Waals surface area contributed by atoms with Crippen LogP contribution >= 0.6 is 0 Å². The first-order valence-corrected chi connectivity index (χ1v) is 9.13. The first kappa shape index (κ1) is 17.2. The highest BCUT2D eigenvalue weighted by molar-refractivity contribution is 5.79. The summed E-state index contributed by atoms with van der Waals surface area (Å²) in [6.07, 6.45) is 6.01. The highest BCUT2D eigenvalue weighted by Crippen LogP contribution is 2.21. The summed E-state index contributed by atoms with van der Waals surface area (Å²) in [6, 6.07) is 18.4. The van der Waals surface area contributed by atoms with E-state index in [-0.39, 0.29) is 12.0 Å². The summed E-state index contributed by atoms with van der Waals surface area (Å²) in [4.78, 5) is 22.6. The van der Waals surface area contributed by atoms with E-state index in [1.54, 1.807) is 18.6 Å². The summed E-state index contributed by atoms with van der Waals surface area (Å²) in [7, 11) is 0. The van der Waals surface area contributed by atoms with Crippen LogP contribution in [0.1, 0.15) is 12.0 Å². The van der Waals surface area contributed by atoms with Crippen molar-refractivity contribution in [3.8, 4) is 17.0 Å². The standard InChI is InChI=1S/C22H21N3O2/c26-22(25-13-10-20(16-25)27-21-15-23-11-12-24-21)14-17-6-8-19(9-7-17)18-4-2-1-3-5-18/h1-9,11-12,15,20H,10,13-14,16H2. The van der Waals surface area contributed by atoms with Gasteiger partial charge in [-0.25, -0.2) is 4.98 Å². The van der Waals surface area contributed by atoms with Gasteiger partial charge in [-0.15, -0.1) is 0 Å². The minimum atomic E-state index is -0.0221. The van der Waals surface area contributed by atoms with E-state index >= 15 is 0 Å². The fraction of sp³-hybridized carbons (Fsp3) is 0.227. The lowest BCUT2D eigenvalue weighted by Crippen LogP contribution is -2.32. The Morgan fingerprint density at radius 2 is 1.81 bits per heavy atom. The lowest BCUT2D eigenvalue weighted by Gasteiger charge is -2.17. The van der Waals surface area contributed by atoms with Crippen LogP contribution in [0.4, 0.5) is 0 Å². The van der Waals surface area contributed by atoms with E-state index in [1.165, 1.54) is 5.56 Å². The van der Waals surface area contributed by atoms with Gasteiger partial charge in [-0.3, -0.25) is 9.78 Å². The Labute approximate surface area is 158 Å². The van der Waals surface area contributed by atoms with Gasteiger partial charge in [0.15, 0.2) is 0 Å². The molecular weight excluding hydrogens is 338 g/mol. The van der Waals surface area contributed by atoms with Crippen molar-refractivity contribution in [1.29, 1.82) is 0 Å². The SMILES string of the molecule is O=C(Cc1ccc(-c2ccccc2)cc1)N1CCC(Oc2cnccn2)C1. The van der Waals surface area contributed by atoms with Crippen LogP contribution in [0.15, 0.2) is 73.2 Å². The minimum Gasteiger partial charge on any atom is -0.471 e. The van der Waals surface area contributed by atoms with Gasteiger partial charge in [-0.2, -0.15) is 0 Å². The number of carbonyl (C=O) groups is 1. The number of carbonyl (C=O) groups excluding carboxylic acids is 1. The van der Waals surface area contributed by atoms with E-state index in [9.17, 15) is 4.79 Å². The van der Waals surface area contributed by atoms with E-state index in [1.807, 2.05) is 35.2 Å². The molecule has 0 bridgehead atoms. The molecule has 2 aromatic carbocycles. The number of ether oxygens (including phenoxy) is 1. The van der Waals surface area contributed by atoms with Crippen molar-refractivity contribution in [2.24, 2.45) is 0 Å². The molecule has 0 saturated carbocycles. The Bertz CT molecular complexity index is 882. The molecule has 4 rings (SSSR count). The molecule has 5 heteroatoms. The molecule has 1 aromatic heterocycles. The van der Waals surface area contributed by atoms with Crippen LogP contribution in [0.25, 0.3) is 11.1 Å². The van der Waals surface area contributed by atoms with Gasteiger partial charge in [0.1, 0.15) is 6.10 Å². The number of amides is 1. The van der Waals surface area contributed by atoms with Crippen molar-refractivity contribution in [3.63, 3.8) is 0 Å². The smallest absolute Gasteiger partial charge is 0.232 e. The topological polar surface area (TPSA) is 55.3 Å². The van der Waals surface area contributed by atoms with Gasteiger partial charge in [-0.05, 0) is 16.7 Å². The molecule has 27 heavy (non-hydrogen) atoms. The second kappa shape index (κ2) is 7.99. The first-order valence-electron chi connectivity index (χ1n) is 9.13. The van der Waals surface area contributed by atoms with E-state index in [2.05, 4.69) is 34.2 Å². The third-order valence-corrected chi connectivity index (χ3v) is 4.74. The summed E-state index contributed by atoms with van der Waals surface area (Å²) in [6.45, 7) is 1.31. The maximum Gasteiger partial charge on any atom is 0.232 e. The van der Waals surface area contributed by atoms with Gasteiger partial charge < -0.3 is 9.64 Å². The normalized spacial score (nSPS) is 16.3. The summed E-state index contributed by atoms with van der Waals surface area (Å²) in [5.74, 6) is 0.640. The maximum atomic E-state index is 12.6. The zero-order valence-electron chi connectivity index (χ0n) is 15.0. The van der Waals surface area contributed by atoms with Gasteiger partial charge in [0, 0.05) is 25.4 Å². The summed E-state index contributed by atoms with van der Waals surface area (Å²) in [5.41, 5.74) is 3.36. The maximum absolute atomic E-state index is 12.6. The Morgan fingerprint density at radius 1 is 1.04 bits per heavy atom. The molecule has 1 fully saturated rings. The monoisotopic (exact) mass is 359 g/mol. The fourth-order valence-corrected chi connectivity index (χ4v) is 3.30.